The first-order valence-electron chi connectivity index (χ1n) is 6.37. The molecule has 0 saturated carbocycles. The number of esters is 1. The molecular formula is C15H16FNO3. The van der Waals surface area contributed by atoms with Crippen molar-refractivity contribution >= 4 is 22.7 Å². The molecule has 0 radical (unpaired) electrons. The van der Waals surface area contributed by atoms with Gasteiger partial charge in [-0.25, -0.2) is 4.39 Å². The van der Waals surface area contributed by atoms with E-state index in [4.69, 9.17) is 4.74 Å². The van der Waals surface area contributed by atoms with Crippen LogP contribution in [-0.4, -0.2) is 22.4 Å². The number of Topliss-reactive ketones (excluding diaryl/α,β-unsaturated/α-hetero) is 1. The van der Waals surface area contributed by atoms with Gasteiger partial charge in [0.25, 0.3) is 0 Å². The number of hydrogen-bond donors (Lipinski definition) is 0. The van der Waals surface area contributed by atoms with Crippen LogP contribution >= 0.6 is 0 Å². The summed E-state index contributed by atoms with van der Waals surface area (Å²) in [6.07, 6.45) is 1.36. The molecule has 0 saturated heterocycles. The Morgan fingerprint density at radius 2 is 2.05 bits per heavy atom. The van der Waals surface area contributed by atoms with Gasteiger partial charge in [-0.3, -0.25) is 9.59 Å². The van der Waals surface area contributed by atoms with Crippen LogP contribution < -0.4 is 0 Å². The molecule has 106 valence electrons. The Morgan fingerprint density at radius 3 is 2.65 bits per heavy atom. The van der Waals surface area contributed by atoms with Crippen molar-refractivity contribution in [1.29, 1.82) is 0 Å². The minimum atomic E-state index is -0.414. The lowest BCUT2D eigenvalue weighted by atomic mass is 10.1. The maximum atomic E-state index is 13.3. The standard InChI is InChI=1S/C15H16FNO3/c1-9(2)20-15(19)8-17-7-13(10(3)18)12-6-11(16)4-5-14(12)17/h4-7,9H,8H2,1-3H3. The second-order valence-electron chi connectivity index (χ2n) is 4.93. The van der Waals surface area contributed by atoms with Gasteiger partial charge in [-0.2, -0.15) is 0 Å². The number of nitrogens with zero attached hydrogens (tertiary/aromatic N) is 1. The van der Waals surface area contributed by atoms with Gasteiger partial charge in [0, 0.05) is 22.7 Å². The van der Waals surface area contributed by atoms with E-state index < -0.39 is 11.8 Å². The first-order valence-corrected chi connectivity index (χ1v) is 6.37. The van der Waals surface area contributed by atoms with Crippen molar-refractivity contribution in [2.45, 2.75) is 33.4 Å². The summed E-state index contributed by atoms with van der Waals surface area (Å²) in [7, 11) is 0. The van der Waals surface area contributed by atoms with Gasteiger partial charge >= 0.3 is 5.97 Å². The third-order valence-corrected chi connectivity index (χ3v) is 2.89. The molecule has 0 aliphatic carbocycles. The maximum Gasteiger partial charge on any atom is 0.326 e. The number of carbonyl (C=O) groups is 2. The Labute approximate surface area is 116 Å². The van der Waals surface area contributed by atoms with E-state index in [1.807, 2.05) is 0 Å². The molecule has 0 fully saturated rings. The SMILES string of the molecule is CC(=O)c1cn(CC(=O)OC(C)C)c2ccc(F)cc12. The molecule has 2 aromatic rings. The second-order valence-corrected chi connectivity index (χ2v) is 4.93. The van der Waals surface area contributed by atoms with Crippen LogP contribution in [0.2, 0.25) is 0 Å². The number of benzene rings is 1. The largest absolute Gasteiger partial charge is 0.462 e. The van der Waals surface area contributed by atoms with E-state index in [0.717, 1.165) is 0 Å². The van der Waals surface area contributed by atoms with Crippen molar-refractivity contribution in [3.05, 3.63) is 35.8 Å². The summed E-state index contributed by atoms with van der Waals surface area (Å²) >= 11 is 0. The molecule has 20 heavy (non-hydrogen) atoms. The fourth-order valence-corrected chi connectivity index (χ4v) is 2.12. The normalized spacial score (nSPS) is 11.1. The third-order valence-electron chi connectivity index (χ3n) is 2.89. The van der Waals surface area contributed by atoms with Gasteiger partial charge in [0.2, 0.25) is 0 Å². The highest BCUT2D eigenvalue weighted by Crippen LogP contribution is 2.23. The van der Waals surface area contributed by atoms with Crippen LogP contribution in [0.3, 0.4) is 0 Å². The van der Waals surface area contributed by atoms with Crippen LogP contribution in [0.5, 0.6) is 0 Å². The number of carbonyl (C=O) groups excluding carboxylic acids is 2. The molecule has 1 aromatic carbocycles. The summed E-state index contributed by atoms with van der Waals surface area (Å²) in [5, 5.41) is 0.509. The molecule has 0 aliphatic heterocycles. The van der Waals surface area contributed by atoms with Crippen LogP contribution in [0.15, 0.2) is 24.4 Å². The number of rotatable bonds is 4. The summed E-state index contributed by atoms with van der Waals surface area (Å²) in [5.74, 6) is -0.976. The second kappa shape index (κ2) is 5.45. The highest BCUT2D eigenvalue weighted by molar-refractivity contribution is 6.07. The molecule has 2 rings (SSSR count). The zero-order chi connectivity index (χ0) is 14.9. The number of ketones is 1. The first-order chi connectivity index (χ1) is 9.38. The average molecular weight is 277 g/mol. The van der Waals surface area contributed by atoms with Gasteiger partial charge in [0.1, 0.15) is 12.4 Å². The lowest BCUT2D eigenvalue weighted by Gasteiger charge is -2.09. The van der Waals surface area contributed by atoms with Gasteiger partial charge in [-0.1, -0.05) is 0 Å². The third kappa shape index (κ3) is 2.87. The number of ether oxygens (including phenoxy) is 1. The predicted molar refractivity (Wildman–Crippen MR) is 73.1 cm³/mol. The zero-order valence-corrected chi connectivity index (χ0v) is 11.6. The Hall–Kier alpha value is -2.17. The maximum absolute atomic E-state index is 13.3. The molecule has 0 atom stereocenters. The Morgan fingerprint density at radius 1 is 1.35 bits per heavy atom. The molecule has 0 spiro atoms. The van der Waals surface area contributed by atoms with E-state index >= 15 is 0 Å². The smallest absolute Gasteiger partial charge is 0.326 e. The number of aromatic nitrogens is 1. The minimum Gasteiger partial charge on any atom is -0.462 e. The van der Waals surface area contributed by atoms with Crippen LogP contribution in [-0.2, 0) is 16.1 Å². The Balaban J connectivity index is 2.44. The lowest BCUT2D eigenvalue weighted by molar-refractivity contribution is -0.148. The first kappa shape index (κ1) is 14.2. The van der Waals surface area contributed by atoms with Crippen molar-refractivity contribution in [3.8, 4) is 0 Å². The quantitative estimate of drug-likeness (QED) is 0.637. The van der Waals surface area contributed by atoms with Gasteiger partial charge in [-0.05, 0) is 39.0 Å². The Kier molecular flexibility index (Phi) is 3.88. The predicted octanol–water partition coefficient (Wildman–Crippen LogP) is 2.93. The molecule has 0 aliphatic rings. The molecule has 1 aromatic heterocycles. The van der Waals surface area contributed by atoms with Gasteiger partial charge < -0.3 is 9.30 Å². The molecule has 5 heteroatoms. The molecule has 4 nitrogen and oxygen atoms in total. The van der Waals surface area contributed by atoms with Gasteiger partial charge in [-0.15, -0.1) is 0 Å². The zero-order valence-electron chi connectivity index (χ0n) is 11.6. The highest BCUT2D eigenvalue weighted by Gasteiger charge is 2.15. The highest BCUT2D eigenvalue weighted by atomic mass is 19.1. The molecule has 0 N–H and O–H groups in total. The van der Waals surface area contributed by atoms with E-state index in [-0.39, 0.29) is 18.4 Å². The molecule has 1 heterocycles. The number of fused-ring (bicyclic) bond motifs is 1. The van der Waals surface area contributed by atoms with Crippen molar-refractivity contribution < 1.29 is 18.7 Å². The van der Waals surface area contributed by atoms with Crippen LogP contribution in [0.1, 0.15) is 31.1 Å². The molecular weight excluding hydrogens is 261 g/mol. The minimum absolute atomic E-state index is 0.00636. The van der Waals surface area contributed by atoms with Crippen molar-refractivity contribution in [2.24, 2.45) is 0 Å². The Bertz CT molecular complexity index is 673. The summed E-state index contributed by atoms with van der Waals surface area (Å²) in [5.41, 5.74) is 1.04. The van der Waals surface area contributed by atoms with Crippen molar-refractivity contribution in [2.75, 3.05) is 0 Å². The van der Waals surface area contributed by atoms with Crippen LogP contribution in [0.25, 0.3) is 10.9 Å². The van der Waals surface area contributed by atoms with Crippen LogP contribution in [0, 0.1) is 5.82 Å². The summed E-state index contributed by atoms with van der Waals surface area (Å²) in [4.78, 5) is 23.3. The topological polar surface area (TPSA) is 48.3 Å². The summed E-state index contributed by atoms with van der Waals surface area (Å²) in [6.45, 7) is 4.94. The van der Waals surface area contributed by atoms with E-state index in [1.165, 1.54) is 19.1 Å². The van der Waals surface area contributed by atoms with E-state index in [9.17, 15) is 14.0 Å². The van der Waals surface area contributed by atoms with E-state index in [0.29, 0.717) is 16.5 Å². The summed E-state index contributed by atoms with van der Waals surface area (Å²) in [6, 6.07) is 4.16. The average Bonchev–Trinajstić information content (AvgIpc) is 2.66. The van der Waals surface area contributed by atoms with E-state index in [1.54, 1.807) is 30.7 Å². The van der Waals surface area contributed by atoms with Gasteiger partial charge in [0.05, 0.1) is 6.10 Å². The van der Waals surface area contributed by atoms with E-state index in [2.05, 4.69) is 0 Å². The fraction of sp³-hybridized carbons (Fsp3) is 0.333. The lowest BCUT2D eigenvalue weighted by Crippen LogP contribution is -2.17. The molecule has 0 amide bonds. The van der Waals surface area contributed by atoms with Gasteiger partial charge in [0.15, 0.2) is 5.78 Å². The number of halogens is 1. The van der Waals surface area contributed by atoms with Crippen LogP contribution in [0.4, 0.5) is 4.39 Å². The monoisotopic (exact) mass is 277 g/mol. The number of hydrogen-bond acceptors (Lipinski definition) is 3. The molecule has 0 unspecified atom stereocenters. The molecule has 0 bridgehead atoms. The summed E-state index contributed by atoms with van der Waals surface area (Å²) < 4.78 is 20.0. The van der Waals surface area contributed by atoms with Crippen molar-refractivity contribution in [3.63, 3.8) is 0 Å². The van der Waals surface area contributed by atoms with Crippen molar-refractivity contribution in [1.82, 2.24) is 4.57 Å². The fourth-order valence-electron chi connectivity index (χ4n) is 2.12.